The van der Waals surface area contributed by atoms with E-state index in [0.717, 1.165) is 25.7 Å². The van der Waals surface area contributed by atoms with Crippen molar-refractivity contribution in [1.29, 1.82) is 0 Å². The zero-order valence-corrected chi connectivity index (χ0v) is 10.1. The largest absolute Gasteiger partial charge is 0.383 e. The van der Waals surface area contributed by atoms with E-state index in [1.54, 1.807) is 0 Å². The van der Waals surface area contributed by atoms with Gasteiger partial charge in [0.05, 0.1) is 5.56 Å². The Balaban J connectivity index is 2.02. The average Bonchev–Trinajstić information content (AvgIpc) is 2.32. The molecule has 0 spiro atoms. The molecule has 2 rings (SSSR count). The zero-order valence-electron chi connectivity index (χ0n) is 10.1. The summed E-state index contributed by atoms with van der Waals surface area (Å²) in [6.07, 6.45) is 5.31. The van der Waals surface area contributed by atoms with Crippen molar-refractivity contribution in [2.24, 2.45) is 11.5 Å². The lowest BCUT2D eigenvalue weighted by atomic mass is 9.92. The van der Waals surface area contributed by atoms with E-state index < -0.39 is 5.91 Å². The van der Waals surface area contributed by atoms with Crippen LogP contribution in [0.3, 0.4) is 0 Å². The molecule has 1 fully saturated rings. The molecule has 7 nitrogen and oxygen atoms in total. The highest BCUT2D eigenvalue weighted by Crippen LogP contribution is 2.20. The van der Waals surface area contributed by atoms with Gasteiger partial charge in [0.15, 0.2) is 0 Å². The SMILES string of the molecule is NC(=O)c1cnc(N[C@H]2CC[C@H](N)CC2)nc1N. The second-order valence-corrected chi connectivity index (χ2v) is 4.61. The molecule has 98 valence electrons. The van der Waals surface area contributed by atoms with Crippen LogP contribution < -0.4 is 22.5 Å². The first-order chi connectivity index (χ1) is 8.56. The standard InChI is InChI=1S/C11H18N6O/c12-6-1-3-7(4-2-6)16-11-15-5-8(10(14)18)9(13)17-11/h5-7H,1-4,12H2,(H2,14,18)(H3,13,15,16,17)/t6-,7-. The van der Waals surface area contributed by atoms with Gasteiger partial charge in [-0.15, -0.1) is 0 Å². The first kappa shape index (κ1) is 12.6. The Bertz CT molecular complexity index is 441. The highest BCUT2D eigenvalue weighted by Gasteiger charge is 2.19. The lowest BCUT2D eigenvalue weighted by molar-refractivity contribution is 0.100. The summed E-state index contributed by atoms with van der Waals surface area (Å²) in [5, 5.41) is 3.20. The summed E-state index contributed by atoms with van der Waals surface area (Å²) in [6.45, 7) is 0. The van der Waals surface area contributed by atoms with E-state index in [4.69, 9.17) is 17.2 Å². The van der Waals surface area contributed by atoms with Crippen molar-refractivity contribution in [3.63, 3.8) is 0 Å². The average molecular weight is 250 g/mol. The molecule has 0 saturated heterocycles. The van der Waals surface area contributed by atoms with Crippen molar-refractivity contribution < 1.29 is 4.79 Å². The number of rotatable bonds is 3. The van der Waals surface area contributed by atoms with Crippen LogP contribution in [-0.2, 0) is 0 Å². The second kappa shape index (κ2) is 5.18. The summed E-state index contributed by atoms with van der Waals surface area (Å²) in [5.74, 6) is -0.0897. The third kappa shape index (κ3) is 2.86. The van der Waals surface area contributed by atoms with Gasteiger partial charge in [-0.1, -0.05) is 0 Å². The first-order valence-corrected chi connectivity index (χ1v) is 6.00. The Morgan fingerprint density at radius 2 is 2.00 bits per heavy atom. The molecule has 1 saturated carbocycles. The summed E-state index contributed by atoms with van der Waals surface area (Å²) in [5.41, 5.74) is 16.8. The van der Waals surface area contributed by atoms with E-state index in [9.17, 15) is 4.79 Å². The number of nitrogens with two attached hydrogens (primary N) is 3. The van der Waals surface area contributed by atoms with Crippen LogP contribution >= 0.6 is 0 Å². The normalized spacial score (nSPS) is 23.6. The molecule has 1 aromatic heterocycles. The van der Waals surface area contributed by atoms with Crippen LogP contribution in [0.15, 0.2) is 6.20 Å². The molecular formula is C11H18N6O. The minimum Gasteiger partial charge on any atom is -0.383 e. The van der Waals surface area contributed by atoms with Crippen molar-refractivity contribution in [3.05, 3.63) is 11.8 Å². The van der Waals surface area contributed by atoms with Crippen LogP contribution in [0.2, 0.25) is 0 Å². The zero-order chi connectivity index (χ0) is 13.1. The predicted molar refractivity (Wildman–Crippen MR) is 68.8 cm³/mol. The van der Waals surface area contributed by atoms with Gasteiger partial charge in [0.2, 0.25) is 5.95 Å². The predicted octanol–water partition coefficient (Wildman–Crippen LogP) is -0.160. The number of aromatic nitrogens is 2. The summed E-state index contributed by atoms with van der Waals surface area (Å²) >= 11 is 0. The molecule has 0 aromatic carbocycles. The number of amides is 1. The fraction of sp³-hybridized carbons (Fsp3) is 0.545. The van der Waals surface area contributed by atoms with Gasteiger partial charge in [-0.05, 0) is 25.7 Å². The fourth-order valence-electron chi connectivity index (χ4n) is 2.10. The van der Waals surface area contributed by atoms with Crippen molar-refractivity contribution in [1.82, 2.24) is 9.97 Å². The Hall–Kier alpha value is -1.89. The number of primary amides is 1. The molecule has 7 heteroatoms. The van der Waals surface area contributed by atoms with Gasteiger partial charge in [0, 0.05) is 18.3 Å². The molecule has 1 aromatic rings. The molecule has 0 unspecified atom stereocenters. The van der Waals surface area contributed by atoms with Crippen LogP contribution in [0, 0.1) is 0 Å². The summed E-state index contributed by atoms with van der Waals surface area (Å²) in [6, 6.07) is 0.606. The number of hydrogen-bond acceptors (Lipinski definition) is 6. The third-order valence-corrected chi connectivity index (χ3v) is 3.19. The van der Waals surface area contributed by atoms with E-state index in [1.807, 2.05) is 0 Å². The maximum atomic E-state index is 11.0. The van der Waals surface area contributed by atoms with Crippen LogP contribution in [0.5, 0.6) is 0 Å². The van der Waals surface area contributed by atoms with Crippen molar-refractivity contribution in [2.45, 2.75) is 37.8 Å². The van der Waals surface area contributed by atoms with Crippen LogP contribution in [0.25, 0.3) is 0 Å². The Kier molecular flexibility index (Phi) is 3.61. The maximum absolute atomic E-state index is 11.0. The Morgan fingerprint density at radius 1 is 1.33 bits per heavy atom. The van der Waals surface area contributed by atoms with Gasteiger partial charge in [-0.3, -0.25) is 4.79 Å². The molecular weight excluding hydrogens is 232 g/mol. The molecule has 1 heterocycles. The van der Waals surface area contributed by atoms with Gasteiger partial charge in [0.1, 0.15) is 5.82 Å². The van der Waals surface area contributed by atoms with Crippen LogP contribution in [0.4, 0.5) is 11.8 Å². The molecule has 0 atom stereocenters. The van der Waals surface area contributed by atoms with Gasteiger partial charge in [0.25, 0.3) is 5.91 Å². The number of hydrogen-bond donors (Lipinski definition) is 4. The highest BCUT2D eigenvalue weighted by atomic mass is 16.1. The molecule has 0 radical (unpaired) electrons. The summed E-state index contributed by atoms with van der Waals surface area (Å²) < 4.78 is 0. The van der Waals surface area contributed by atoms with Gasteiger partial charge in [-0.2, -0.15) is 4.98 Å². The molecule has 1 aliphatic carbocycles. The molecule has 1 amide bonds. The smallest absolute Gasteiger partial charge is 0.254 e. The van der Waals surface area contributed by atoms with Gasteiger partial charge in [-0.25, -0.2) is 4.98 Å². The maximum Gasteiger partial charge on any atom is 0.254 e. The number of nitrogen functional groups attached to an aromatic ring is 1. The molecule has 7 N–H and O–H groups in total. The topological polar surface area (TPSA) is 133 Å². The van der Waals surface area contributed by atoms with E-state index in [0.29, 0.717) is 18.0 Å². The number of anilines is 2. The summed E-state index contributed by atoms with van der Waals surface area (Å²) in [4.78, 5) is 19.1. The third-order valence-electron chi connectivity index (χ3n) is 3.19. The summed E-state index contributed by atoms with van der Waals surface area (Å²) in [7, 11) is 0. The lowest BCUT2D eigenvalue weighted by Crippen LogP contribution is -2.33. The molecule has 1 aliphatic rings. The molecule has 0 aliphatic heterocycles. The van der Waals surface area contributed by atoms with E-state index in [2.05, 4.69) is 15.3 Å². The quantitative estimate of drug-likeness (QED) is 0.589. The van der Waals surface area contributed by atoms with E-state index >= 15 is 0 Å². The number of nitrogens with one attached hydrogen (secondary N) is 1. The minimum absolute atomic E-state index is 0.104. The minimum atomic E-state index is -0.623. The Labute approximate surface area is 105 Å². The number of carbonyl (C=O) groups excluding carboxylic acids is 1. The van der Waals surface area contributed by atoms with Crippen molar-refractivity contribution >= 4 is 17.7 Å². The van der Waals surface area contributed by atoms with E-state index in [1.165, 1.54) is 6.20 Å². The van der Waals surface area contributed by atoms with Crippen molar-refractivity contribution in [2.75, 3.05) is 11.1 Å². The molecule has 18 heavy (non-hydrogen) atoms. The Morgan fingerprint density at radius 3 is 2.56 bits per heavy atom. The number of nitrogens with zero attached hydrogens (tertiary/aromatic N) is 2. The monoisotopic (exact) mass is 250 g/mol. The van der Waals surface area contributed by atoms with E-state index in [-0.39, 0.29) is 11.4 Å². The van der Waals surface area contributed by atoms with Gasteiger partial charge >= 0.3 is 0 Å². The molecule has 0 bridgehead atoms. The first-order valence-electron chi connectivity index (χ1n) is 6.00. The van der Waals surface area contributed by atoms with Crippen LogP contribution in [-0.4, -0.2) is 28.0 Å². The second-order valence-electron chi connectivity index (χ2n) is 4.61. The van der Waals surface area contributed by atoms with Crippen molar-refractivity contribution in [3.8, 4) is 0 Å². The lowest BCUT2D eigenvalue weighted by Gasteiger charge is -2.26. The highest BCUT2D eigenvalue weighted by molar-refractivity contribution is 5.96. The van der Waals surface area contributed by atoms with Crippen LogP contribution in [0.1, 0.15) is 36.0 Å². The number of carbonyl (C=O) groups is 1. The fourth-order valence-corrected chi connectivity index (χ4v) is 2.10. The van der Waals surface area contributed by atoms with Gasteiger partial charge < -0.3 is 22.5 Å².